The summed E-state index contributed by atoms with van der Waals surface area (Å²) < 4.78 is 25.4. The number of carboxylic acids is 1. The number of amides is 2. The van der Waals surface area contributed by atoms with Gasteiger partial charge in [-0.25, -0.2) is 10.2 Å². The van der Waals surface area contributed by atoms with Gasteiger partial charge in [-0.3, -0.25) is 29.3 Å². The number of carboxylic acid groups (broad SMARTS) is 1. The van der Waals surface area contributed by atoms with E-state index in [1.807, 2.05) is 37.4 Å². The number of hydrazine groups is 1. The quantitative estimate of drug-likeness (QED) is 0.107. The van der Waals surface area contributed by atoms with Crippen LogP contribution in [0.15, 0.2) is 54.7 Å². The molecule has 67 heavy (non-hydrogen) atoms. The number of methoxy groups -OCH3 is 1. The molecule has 3 saturated heterocycles. The molecule has 3 N–H and O–H groups in total. The highest BCUT2D eigenvalue weighted by molar-refractivity contribution is 5.96. The van der Waals surface area contributed by atoms with Crippen molar-refractivity contribution in [3.05, 3.63) is 71.5 Å². The van der Waals surface area contributed by atoms with E-state index in [1.54, 1.807) is 27.9 Å². The van der Waals surface area contributed by atoms with Crippen LogP contribution in [0.25, 0.3) is 33.3 Å². The first kappa shape index (κ1) is 49.4. The van der Waals surface area contributed by atoms with E-state index in [-0.39, 0.29) is 25.1 Å². The van der Waals surface area contributed by atoms with Crippen LogP contribution in [0.4, 0.5) is 10.5 Å². The zero-order chi connectivity index (χ0) is 48.2. The van der Waals surface area contributed by atoms with Crippen LogP contribution >= 0.6 is 0 Å². The van der Waals surface area contributed by atoms with Gasteiger partial charge in [-0.1, -0.05) is 44.2 Å². The van der Waals surface area contributed by atoms with Gasteiger partial charge in [0.15, 0.2) is 0 Å². The smallest absolute Gasteiger partial charge is 0.408 e. The predicted molar refractivity (Wildman–Crippen MR) is 257 cm³/mol. The minimum atomic E-state index is -1.05. The van der Waals surface area contributed by atoms with E-state index in [4.69, 9.17) is 23.9 Å². The Balaban J connectivity index is 1.31. The lowest BCUT2D eigenvalue weighted by Gasteiger charge is -2.44. The third-order valence-electron chi connectivity index (χ3n) is 12.9. The number of hydrogen-bond acceptors (Lipinski definition) is 12. The second-order valence-corrected chi connectivity index (χ2v) is 19.9. The number of esters is 1. The van der Waals surface area contributed by atoms with Crippen LogP contribution < -0.4 is 15.6 Å². The normalized spacial score (nSPS) is 19.1. The van der Waals surface area contributed by atoms with Gasteiger partial charge in [-0.15, -0.1) is 0 Å². The van der Waals surface area contributed by atoms with E-state index in [2.05, 4.69) is 70.1 Å². The van der Waals surface area contributed by atoms with Gasteiger partial charge in [-0.05, 0) is 94.3 Å². The van der Waals surface area contributed by atoms with Crippen molar-refractivity contribution in [3.63, 3.8) is 0 Å². The van der Waals surface area contributed by atoms with Crippen molar-refractivity contribution in [2.45, 2.75) is 117 Å². The van der Waals surface area contributed by atoms with Crippen LogP contribution in [-0.2, 0) is 52.7 Å². The number of aryl methyl sites for hydroxylation is 1. The Bertz CT molecular complexity index is 2440. The lowest BCUT2D eigenvalue weighted by molar-refractivity contribution is -0.148. The van der Waals surface area contributed by atoms with Crippen LogP contribution in [0, 0.1) is 5.41 Å². The third kappa shape index (κ3) is 11.8. The van der Waals surface area contributed by atoms with Crippen molar-refractivity contribution in [1.29, 1.82) is 0 Å². The molecule has 0 bridgehead atoms. The van der Waals surface area contributed by atoms with Crippen LogP contribution in [0.1, 0.15) is 91.2 Å². The molecule has 0 unspecified atom stereocenters. The van der Waals surface area contributed by atoms with Crippen LogP contribution in [-0.4, -0.2) is 132 Å². The Morgan fingerprint density at radius 2 is 1.79 bits per heavy atom. The molecule has 7 rings (SSSR count). The highest BCUT2D eigenvalue weighted by Crippen LogP contribution is 2.43. The molecule has 362 valence electrons. The summed E-state index contributed by atoms with van der Waals surface area (Å²) in [6.07, 6.45) is 2.51. The number of fused-ring (bicyclic) bond motifs is 2. The minimum absolute atomic E-state index is 0.128. The number of aliphatic carboxylic acids is 1. The minimum Gasteiger partial charge on any atom is -0.480 e. The average Bonchev–Trinajstić information content (AvgIpc) is 3.60. The first-order valence-corrected chi connectivity index (χ1v) is 23.6. The Morgan fingerprint density at radius 3 is 2.51 bits per heavy atom. The predicted octanol–water partition coefficient (Wildman–Crippen LogP) is 6.77. The van der Waals surface area contributed by atoms with Gasteiger partial charge in [0.2, 0.25) is 0 Å². The zero-order valence-corrected chi connectivity index (χ0v) is 40.6. The van der Waals surface area contributed by atoms with Gasteiger partial charge in [0, 0.05) is 81.6 Å². The van der Waals surface area contributed by atoms with Crippen molar-refractivity contribution < 1.29 is 43.2 Å². The summed E-state index contributed by atoms with van der Waals surface area (Å²) in [7, 11) is 1.70. The molecule has 0 radical (unpaired) electrons. The summed E-state index contributed by atoms with van der Waals surface area (Å²) in [5, 5.41) is 14.8. The largest absolute Gasteiger partial charge is 0.480 e. The Hall–Kier alpha value is -5.55. The zero-order valence-electron chi connectivity index (χ0n) is 40.6. The number of rotatable bonds is 15. The Morgan fingerprint density at radius 1 is 1.01 bits per heavy atom. The Kier molecular flexibility index (Phi) is 15.3. The molecule has 4 atom stereocenters. The summed E-state index contributed by atoms with van der Waals surface area (Å²) in [5.74, 6) is -1.83. The monoisotopic (exact) mass is 924 g/mol. The molecule has 16 heteroatoms. The van der Waals surface area contributed by atoms with Gasteiger partial charge in [0.25, 0.3) is 5.91 Å². The van der Waals surface area contributed by atoms with Gasteiger partial charge in [-0.2, -0.15) is 0 Å². The molecule has 0 saturated carbocycles. The van der Waals surface area contributed by atoms with E-state index in [0.717, 1.165) is 88.6 Å². The standard InChI is InChI=1S/C51H69N7O9/c1-10-57-44-17-16-36(35-14-11-13-34(23-35)24-43(53-49(63)67-50(4,5)6)47(60)58-18-12-15-42(54-58)48(61)62)25-39(44)41(27-51(7,8)31-66-33(3)59)46(57)40-26-37(28-52-45(40)32(2)64-9)56-20-19-55-21-22-65-30-38(55)29-56/h11,13-14,16-17,23,25-26,28,32,38,42-43,54H,10,12,15,18-22,24,27,29-31H2,1-9H3,(H,53,63)(H,61,62)/t32-,38-,42-,43-/m0/s1. The number of nitrogens with zero attached hydrogens (tertiary/aromatic N) is 5. The molecule has 5 heterocycles. The molecule has 0 spiro atoms. The van der Waals surface area contributed by atoms with Gasteiger partial charge < -0.3 is 38.8 Å². The van der Waals surface area contributed by atoms with Crippen molar-refractivity contribution in [2.75, 3.05) is 64.6 Å². The molecule has 3 aliphatic rings. The summed E-state index contributed by atoms with van der Waals surface area (Å²) in [4.78, 5) is 61.3. The molecule has 2 aromatic carbocycles. The van der Waals surface area contributed by atoms with E-state index in [0.29, 0.717) is 45.0 Å². The summed E-state index contributed by atoms with van der Waals surface area (Å²) in [5.41, 5.74) is 10.3. The fourth-order valence-electron chi connectivity index (χ4n) is 9.56. The van der Waals surface area contributed by atoms with Crippen molar-refractivity contribution in [3.8, 4) is 22.4 Å². The van der Waals surface area contributed by atoms with Gasteiger partial charge in [0.05, 0.1) is 55.2 Å². The number of hydrogen-bond donors (Lipinski definition) is 3. The van der Waals surface area contributed by atoms with Gasteiger partial charge in [0.1, 0.15) is 17.7 Å². The first-order valence-electron chi connectivity index (χ1n) is 23.6. The number of ether oxygens (including phenoxy) is 4. The second kappa shape index (κ2) is 20.8. The van der Waals surface area contributed by atoms with Crippen molar-refractivity contribution in [1.82, 2.24) is 30.2 Å². The number of benzene rings is 2. The number of morpholine rings is 1. The number of aromatic nitrogens is 2. The molecule has 3 aliphatic heterocycles. The third-order valence-corrected chi connectivity index (χ3v) is 12.9. The number of piperazine rings is 1. The lowest BCUT2D eigenvalue weighted by atomic mass is 9.84. The van der Waals surface area contributed by atoms with Crippen LogP contribution in [0.2, 0.25) is 0 Å². The molecule has 0 aliphatic carbocycles. The maximum absolute atomic E-state index is 14.1. The number of alkyl carbamates (subject to hydrolysis) is 1. The summed E-state index contributed by atoms with van der Waals surface area (Å²) >= 11 is 0. The van der Waals surface area contributed by atoms with E-state index in [1.165, 1.54) is 11.9 Å². The molecule has 16 nitrogen and oxygen atoms in total. The van der Waals surface area contributed by atoms with Gasteiger partial charge >= 0.3 is 18.0 Å². The van der Waals surface area contributed by atoms with Crippen LogP contribution in [0.3, 0.4) is 0 Å². The second-order valence-electron chi connectivity index (χ2n) is 19.9. The molecule has 4 aromatic rings. The fourth-order valence-corrected chi connectivity index (χ4v) is 9.56. The number of nitrogens with one attached hydrogen (secondary N) is 2. The molecular formula is C51H69N7O9. The maximum Gasteiger partial charge on any atom is 0.408 e. The molecule has 2 aromatic heterocycles. The van der Waals surface area contributed by atoms with E-state index >= 15 is 0 Å². The van der Waals surface area contributed by atoms with E-state index in [9.17, 15) is 24.3 Å². The SMILES string of the molecule is CCn1c(-c2cc(N3CCN4CCOC[C@@H]4C3)cnc2[C@H](C)OC)c(CC(C)(C)COC(C)=O)c2cc(-c3cccc(C[C@H](NC(=O)OC(C)(C)C)C(=O)N4CCC[C@@H](C(=O)O)N4)c3)ccc21. The average molecular weight is 924 g/mol. The number of carbonyl (C=O) groups is 4. The highest BCUT2D eigenvalue weighted by atomic mass is 16.6. The highest BCUT2D eigenvalue weighted by Gasteiger charge is 2.35. The number of anilines is 1. The molecule has 2 amide bonds. The summed E-state index contributed by atoms with van der Waals surface area (Å²) in [6, 6.07) is 15.0. The molecule has 3 fully saturated rings. The Labute approximate surface area is 394 Å². The molecular weight excluding hydrogens is 855 g/mol. The topological polar surface area (TPSA) is 177 Å². The first-order chi connectivity index (χ1) is 31.8. The maximum atomic E-state index is 14.1. The lowest BCUT2D eigenvalue weighted by Crippen LogP contribution is -2.60. The fraction of sp³-hybridized carbons (Fsp3) is 0.549. The van der Waals surface area contributed by atoms with Crippen molar-refractivity contribution in [2.24, 2.45) is 5.41 Å². The van der Waals surface area contributed by atoms with Crippen molar-refractivity contribution >= 4 is 40.5 Å². The number of carbonyl (C=O) groups excluding carboxylic acids is 3. The van der Waals surface area contributed by atoms with E-state index < -0.39 is 41.1 Å². The van der Waals surface area contributed by atoms with Crippen LogP contribution in [0.5, 0.6) is 0 Å². The number of pyridine rings is 1. The summed E-state index contributed by atoms with van der Waals surface area (Å²) in [6.45, 7) is 21.4.